The zero-order valence-corrected chi connectivity index (χ0v) is 15.5. The number of hydrogen-bond acceptors (Lipinski definition) is 5. The van der Waals surface area contributed by atoms with Crippen LogP contribution >= 0.6 is 0 Å². The summed E-state index contributed by atoms with van der Waals surface area (Å²) in [5.74, 6) is 1.46. The Bertz CT molecular complexity index is 795. The molecule has 1 N–H and O–H groups in total. The van der Waals surface area contributed by atoms with Crippen molar-refractivity contribution in [2.75, 3.05) is 19.6 Å². The van der Waals surface area contributed by atoms with E-state index < -0.39 is 0 Å². The van der Waals surface area contributed by atoms with E-state index in [2.05, 4.69) is 15.4 Å². The van der Waals surface area contributed by atoms with E-state index in [1.54, 1.807) is 0 Å². The van der Waals surface area contributed by atoms with E-state index in [4.69, 9.17) is 4.98 Å². The fourth-order valence-electron chi connectivity index (χ4n) is 3.83. The Kier molecular flexibility index (Phi) is 4.72. The maximum absolute atomic E-state index is 12.8. The van der Waals surface area contributed by atoms with Crippen LogP contribution in [0.2, 0.25) is 0 Å². The highest BCUT2D eigenvalue weighted by atomic mass is 16.2. The van der Waals surface area contributed by atoms with Crippen LogP contribution in [-0.2, 0) is 24.3 Å². The van der Waals surface area contributed by atoms with Gasteiger partial charge in [-0.25, -0.2) is 9.97 Å². The smallest absolute Gasteiger partial charge is 0.227 e. The normalized spacial score (nSPS) is 20.8. The number of fused-ring (bicyclic) bond motifs is 1. The Morgan fingerprint density at radius 2 is 2.35 bits per heavy atom. The van der Waals surface area contributed by atoms with Crippen molar-refractivity contribution >= 4 is 5.91 Å². The van der Waals surface area contributed by atoms with Crippen LogP contribution in [0.1, 0.15) is 42.0 Å². The molecule has 0 unspecified atom stereocenters. The average Bonchev–Trinajstić information content (AvgIpc) is 3.32. The SMILES string of the molecule is Cc1ccn(C[C@H](C)C(=O)N2CCc3nc([C@@H]4CCNC4)ncc3C2)n1. The molecule has 2 aliphatic rings. The van der Waals surface area contributed by atoms with Crippen LogP contribution in [0.25, 0.3) is 0 Å². The van der Waals surface area contributed by atoms with E-state index >= 15 is 0 Å². The van der Waals surface area contributed by atoms with Crippen molar-refractivity contribution in [3.63, 3.8) is 0 Å². The Labute approximate surface area is 153 Å². The van der Waals surface area contributed by atoms with E-state index in [0.717, 1.165) is 55.3 Å². The molecule has 2 aromatic heterocycles. The van der Waals surface area contributed by atoms with Gasteiger partial charge in [-0.1, -0.05) is 6.92 Å². The Morgan fingerprint density at radius 3 is 3.08 bits per heavy atom. The van der Waals surface area contributed by atoms with Gasteiger partial charge >= 0.3 is 0 Å². The highest BCUT2D eigenvalue weighted by Crippen LogP contribution is 2.23. The van der Waals surface area contributed by atoms with Crippen LogP contribution < -0.4 is 5.32 Å². The van der Waals surface area contributed by atoms with Crippen LogP contribution in [0.15, 0.2) is 18.5 Å². The average molecular weight is 354 g/mol. The van der Waals surface area contributed by atoms with Gasteiger partial charge in [0.05, 0.1) is 23.9 Å². The van der Waals surface area contributed by atoms with Crippen LogP contribution in [0.4, 0.5) is 0 Å². The quantitative estimate of drug-likeness (QED) is 0.895. The van der Waals surface area contributed by atoms with E-state index in [1.165, 1.54) is 0 Å². The molecule has 0 aromatic carbocycles. The number of nitrogens with one attached hydrogen (secondary N) is 1. The molecular weight excluding hydrogens is 328 g/mol. The number of amides is 1. The molecule has 0 spiro atoms. The van der Waals surface area contributed by atoms with Crippen molar-refractivity contribution in [3.05, 3.63) is 41.2 Å². The summed E-state index contributed by atoms with van der Waals surface area (Å²) >= 11 is 0. The summed E-state index contributed by atoms with van der Waals surface area (Å²) in [7, 11) is 0. The van der Waals surface area contributed by atoms with Crippen molar-refractivity contribution < 1.29 is 4.79 Å². The van der Waals surface area contributed by atoms with Crippen LogP contribution in [0.5, 0.6) is 0 Å². The summed E-state index contributed by atoms with van der Waals surface area (Å²) in [5, 5.41) is 7.75. The van der Waals surface area contributed by atoms with Crippen molar-refractivity contribution in [1.82, 2.24) is 30.0 Å². The van der Waals surface area contributed by atoms with Gasteiger partial charge < -0.3 is 10.2 Å². The predicted octanol–water partition coefficient (Wildman–Crippen LogP) is 1.28. The van der Waals surface area contributed by atoms with Gasteiger partial charge in [0.1, 0.15) is 5.82 Å². The fraction of sp³-hybridized carbons (Fsp3) is 0.579. The zero-order valence-electron chi connectivity index (χ0n) is 15.5. The number of hydrogen-bond donors (Lipinski definition) is 1. The van der Waals surface area contributed by atoms with E-state index in [1.807, 2.05) is 41.9 Å². The first-order valence-electron chi connectivity index (χ1n) is 9.44. The first-order valence-corrected chi connectivity index (χ1v) is 9.44. The van der Waals surface area contributed by atoms with Gasteiger partial charge in [0.2, 0.25) is 5.91 Å². The van der Waals surface area contributed by atoms with Gasteiger partial charge in [0.25, 0.3) is 0 Å². The molecule has 1 saturated heterocycles. The fourth-order valence-corrected chi connectivity index (χ4v) is 3.83. The van der Waals surface area contributed by atoms with Crippen molar-refractivity contribution in [2.45, 2.75) is 45.7 Å². The second-order valence-electron chi connectivity index (χ2n) is 7.48. The van der Waals surface area contributed by atoms with Crippen LogP contribution in [0.3, 0.4) is 0 Å². The highest BCUT2D eigenvalue weighted by molar-refractivity contribution is 5.78. The summed E-state index contributed by atoms with van der Waals surface area (Å²) in [4.78, 5) is 24.1. The number of aromatic nitrogens is 4. The number of carbonyl (C=O) groups excluding carboxylic acids is 1. The largest absolute Gasteiger partial charge is 0.338 e. The summed E-state index contributed by atoms with van der Waals surface area (Å²) in [5.41, 5.74) is 3.17. The van der Waals surface area contributed by atoms with E-state index in [0.29, 0.717) is 19.0 Å². The lowest BCUT2D eigenvalue weighted by atomic mass is 10.0. The first-order chi connectivity index (χ1) is 12.6. The summed E-state index contributed by atoms with van der Waals surface area (Å²) in [6, 6.07) is 1.96. The minimum Gasteiger partial charge on any atom is -0.338 e. The summed E-state index contributed by atoms with van der Waals surface area (Å²) < 4.78 is 1.85. The van der Waals surface area contributed by atoms with E-state index in [-0.39, 0.29) is 11.8 Å². The molecule has 0 radical (unpaired) electrons. The van der Waals surface area contributed by atoms with Gasteiger partial charge in [-0.2, -0.15) is 5.10 Å². The molecular formula is C19H26N6O. The molecule has 0 bridgehead atoms. The molecule has 0 aliphatic carbocycles. The molecule has 2 aromatic rings. The number of aryl methyl sites for hydroxylation is 1. The maximum Gasteiger partial charge on any atom is 0.227 e. The predicted molar refractivity (Wildman–Crippen MR) is 97.5 cm³/mol. The number of carbonyl (C=O) groups is 1. The molecule has 1 amide bonds. The third-order valence-corrected chi connectivity index (χ3v) is 5.35. The number of nitrogens with zero attached hydrogens (tertiary/aromatic N) is 5. The molecule has 7 nitrogen and oxygen atoms in total. The second kappa shape index (κ2) is 7.15. The summed E-state index contributed by atoms with van der Waals surface area (Å²) in [6.07, 6.45) is 5.77. The molecule has 7 heteroatoms. The number of rotatable bonds is 4. The van der Waals surface area contributed by atoms with Crippen LogP contribution in [0, 0.1) is 12.8 Å². The minimum absolute atomic E-state index is 0.0967. The topological polar surface area (TPSA) is 75.9 Å². The van der Waals surface area contributed by atoms with Crippen molar-refractivity contribution in [3.8, 4) is 0 Å². The lowest BCUT2D eigenvalue weighted by Gasteiger charge is -2.30. The molecule has 2 atom stereocenters. The molecule has 26 heavy (non-hydrogen) atoms. The Balaban J connectivity index is 1.41. The first kappa shape index (κ1) is 17.1. The van der Waals surface area contributed by atoms with Crippen molar-refractivity contribution in [2.24, 2.45) is 5.92 Å². The monoisotopic (exact) mass is 354 g/mol. The van der Waals surface area contributed by atoms with Crippen molar-refractivity contribution in [1.29, 1.82) is 0 Å². The highest BCUT2D eigenvalue weighted by Gasteiger charge is 2.27. The second-order valence-corrected chi connectivity index (χ2v) is 7.48. The third kappa shape index (κ3) is 3.49. The Hall–Kier alpha value is -2.28. The lowest BCUT2D eigenvalue weighted by molar-refractivity contribution is -0.136. The minimum atomic E-state index is -0.0967. The third-order valence-electron chi connectivity index (χ3n) is 5.35. The lowest BCUT2D eigenvalue weighted by Crippen LogP contribution is -2.40. The standard InChI is InChI=1S/C19H26N6O/c1-13(11-25-8-4-14(2)23-25)19(26)24-7-5-17-16(12-24)10-21-18(22-17)15-3-6-20-9-15/h4,8,10,13,15,20H,3,5-7,9,11-12H2,1-2H3/t13-,15+/m0/s1. The van der Waals surface area contributed by atoms with Gasteiger partial charge in [0.15, 0.2) is 0 Å². The molecule has 2 aliphatic heterocycles. The van der Waals surface area contributed by atoms with Gasteiger partial charge in [0, 0.05) is 49.9 Å². The van der Waals surface area contributed by atoms with Crippen LogP contribution in [-0.4, -0.2) is 50.2 Å². The Morgan fingerprint density at radius 1 is 1.46 bits per heavy atom. The van der Waals surface area contributed by atoms with E-state index in [9.17, 15) is 4.79 Å². The van der Waals surface area contributed by atoms with Gasteiger partial charge in [-0.3, -0.25) is 9.48 Å². The molecule has 0 saturated carbocycles. The maximum atomic E-state index is 12.8. The molecule has 1 fully saturated rings. The zero-order chi connectivity index (χ0) is 18.1. The van der Waals surface area contributed by atoms with Gasteiger partial charge in [-0.05, 0) is 26.0 Å². The molecule has 4 heterocycles. The van der Waals surface area contributed by atoms with Gasteiger partial charge in [-0.15, -0.1) is 0 Å². The molecule has 4 rings (SSSR count). The molecule has 138 valence electrons. The summed E-state index contributed by atoms with van der Waals surface area (Å²) in [6.45, 7) is 7.89.